The van der Waals surface area contributed by atoms with Crippen molar-refractivity contribution in [3.8, 4) is 0 Å². The van der Waals surface area contributed by atoms with E-state index in [1.54, 1.807) is 13.0 Å². The molecule has 0 aromatic heterocycles. The molecular weight excluding hydrogens is 464 g/mol. The molecule has 0 aromatic rings. The largest absolute Gasteiger partial charge is 0.443 e. The summed E-state index contributed by atoms with van der Waals surface area (Å²) in [5, 5.41) is 2.98. The number of hydrogen-bond donors (Lipinski definition) is 1. The molecule has 0 bridgehead atoms. The zero-order valence-corrected chi connectivity index (χ0v) is 24.5. The molecule has 37 heavy (non-hydrogen) atoms. The van der Waals surface area contributed by atoms with Crippen molar-refractivity contribution in [2.24, 2.45) is 16.7 Å². The third-order valence-electron chi connectivity index (χ3n) is 8.20. The van der Waals surface area contributed by atoms with E-state index in [9.17, 15) is 14.4 Å². The van der Waals surface area contributed by atoms with Crippen molar-refractivity contribution < 1.29 is 19.1 Å². The molecular formula is C31H50N2O4. The van der Waals surface area contributed by atoms with Crippen LogP contribution in [0, 0.1) is 16.7 Å². The standard InChI is InChI=1S/C31H50N2O4/c1-28(2,3)32-26(35)31(8)19-18-22(14-13-17-25(31)34)20-30(6,7)37-27(36)33-21-29(4,5)23-15-11-9-10-12-16-24(23)33/h15,18-19,22,24H,9-14,16-17,20-21H2,1-8H3,(H,32,35)/b19-18+,23-15-. The molecule has 0 aromatic carbocycles. The number of ether oxygens (including phenoxy) is 1. The van der Waals surface area contributed by atoms with Crippen LogP contribution < -0.4 is 5.32 Å². The molecule has 3 unspecified atom stereocenters. The van der Waals surface area contributed by atoms with Gasteiger partial charge in [0.1, 0.15) is 11.0 Å². The second-order valence-electron chi connectivity index (χ2n) is 14.0. The van der Waals surface area contributed by atoms with Gasteiger partial charge in [0, 0.05) is 23.9 Å². The van der Waals surface area contributed by atoms with Crippen LogP contribution in [0.2, 0.25) is 0 Å². The number of fused-ring (bicyclic) bond motifs is 1. The number of hydrogen-bond acceptors (Lipinski definition) is 4. The van der Waals surface area contributed by atoms with Gasteiger partial charge < -0.3 is 15.0 Å². The second-order valence-corrected chi connectivity index (χ2v) is 14.0. The molecule has 1 fully saturated rings. The van der Waals surface area contributed by atoms with Crippen LogP contribution in [0.5, 0.6) is 0 Å². The van der Waals surface area contributed by atoms with E-state index in [1.165, 1.54) is 18.4 Å². The van der Waals surface area contributed by atoms with E-state index in [4.69, 9.17) is 4.74 Å². The summed E-state index contributed by atoms with van der Waals surface area (Å²) >= 11 is 0. The quantitative estimate of drug-likeness (QED) is 0.333. The van der Waals surface area contributed by atoms with E-state index in [0.29, 0.717) is 25.8 Å². The van der Waals surface area contributed by atoms with E-state index in [1.807, 2.05) is 45.6 Å². The van der Waals surface area contributed by atoms with Crippen LogP contribution in [0.4, 0.5) is 4.79 Å². The van der Waals surface area contributed by atoms with Gasteiger partial charge in [-0.3, -0.25) is 9.59 Å². The Morgan fingerprint density at radius 1 is 1.05 bits per heavy atom. The number of carbonyl (C=O) groups is 3. The highest BCUT2D eigenvalue weighted by Gasteiger charge is 2.46. The molecule has 0 spiro atoms. The van der Waals surface area contributed by atoms with Gasteiger partial charge in [0.2, 0.25) is 5.91 Å². The number of nitrogens with one attached hydrogen (secondary N) is 1. The Hall–Kier alpha value is -2.11. The molecule has 2 amide bonds. The van der Waals surface area contributed by atoms with Crippen LogP contribution in [0.15, 0.2) is 23.8 Å². The van der Waals surface area contributed by atoms with Gasteiger partial charge in [-0.05, 0) is 91.6 Å². The Bertz CT molecular complexity index is 939. The highest BCUT2D eigenvalue weighted by Crippen LogP contribution is 2.43. The van der Waals surface area contributed by atoms with E-state index in [2.05, 4.69) is 25.2 Å². The lowest BCUT2D eigenvalue weighted by Gasteiger charge is -2.34. The molecule has 2 aliphatic carbocycles. The summed E-state index contributed by atoms with van der Waals surface area (Å²) in [6.07, 6.45) is 14.1. The monoisotopic (exact) mass is 514 g/mol. The lowest BCUT2D eigenvalue weighted by Crippen LogP contribution is -2.50. The third-order valence-corrected chi connectivity index (χ3v) is 8.20. The fourth-order valence-corrected chi connectivity index (χ4v) is 6.19. The van der Waals surface area contributed by atoms with Gasteiger partial charge >= 0.3 is 6.09 Å². The number of rotatable bonds is 4. The molecule has 208 valence electrons. The van der Waals surface area contributed by atoms with Crippen LogP contribution in [-0.2, 0) is 14.3 Å². The predicted molar refractivity (Wildman–Crippen MR) is 148 cm³/mol. The zero-order chi connectivity index (χ0) is 27.6. The van der Waals surface area contributed by atoms with Gasteiger partial charge in [0.25, 0.3) is 0 Å². The lowest BCUT2D eigenvalue weighted by molar-refractivity contribution is -0.139. The number of Topliss-reactive ketones (excluding diaryl/α,β-unsaturated/α-hetero) is 1. The maximum absolute atomic E-state index is 13.5. The average molecular weight is 515 g/mol. The lowest BCUT2D eigenvalue weighted by atomic mass is 9.76. The zero-order valence-electron chi connectivity index (χ0n) is 24.5. The number of nitrogens with zero attached hydrogens (tertiary/aromatic N) is 1. The van der Waals surface area contributed by atoms with Gasteiger partial charge in [-0.15, -0.1) is 0 Å². The van der Waals surface area contributed by atoms with Crippen molar-refractivity contribution in [2.45, 2.75) is 130 Å². The van der Waals surface area contributed by atoms with Gasteiger partial charge in [-0.25, -0.2) is 4.79 Å². The van der Waals surface area contributed by atoms with Crippen molar-refractivity contribution in [1.29, 1.82) is 0 Å². The summed E-state index contributed by atoms with van der Waals surface area (Å²) < 4.78 is 6.18. The highest BCUT2D eigenvalue weighted by molar-refractivity contribution is 6.07. The molecule has 0 saturated carbocycles. The Morgan fingerprint density at radius 2 is 1.76 bits per heavy atom. The van der Waals surface area contributed by atoms with E-state index < -0.39 is 16.6 Å². The minimum Gasteiger partial charge on any atom is -0.443 e. The van der Waals surface area contributed by atoms with E-state index >= 15 is 0 Å². The van der Waals surface area contributed by atoms with Crippen LogP contribution >= 0.6 is 0 Å². The second kappa shape index (κ2) is 10.9. The van der Waals surface area contributed by atoms with Crippen LogP contribution in [0.1, 0.15) is 113 Å². The average Bonchev–Trinajstić information content (AvgIpc) is 2.97. The summed E-state index contributed by atoms with van der Waals surface area (Å²) in [7, 11) is 0. The first-order valence-corrected chi connectivity index (χ1v) is 14.3. The smallest absolute Gasteiger partial charge is 0.410 e. The Labute approximate surface area is 224 Å². The Morgan fingerprint density at radius 3 is 2.43 bits per heavy atom. The SMILES string of the molecule is CC(C)(C)NC(=O)C1(C)/C=C/C(CC(C)(C)OC(=O)N2CC(C)(C)/C3=C\CCCCCC32)CCCC1=O. The van der Waals surface area contributed by atoms with Gasteiger partial charge in [0.05, 0.1) is 6.04 Å². The number of ketones is 1. The molecule has 3 rings (SSSR count). The molecule has 1 heterocycles. The van der Waals surface area contributed by atoms with Gasteiger partial charge in [0.15, 0.2) is 5.78 Å². The molecule has 3 aliphatic rings. The first kappa shape index (κ1) is 29.4. The number of likely N-dealkylation sites (tertiary alicyclic amines) is 1. The van der Waals surface area contributed by atoms with E-state index in [0.717, 1.165) is 25.7 Å². The first-order chi connectivity index (χ1) is 17.0. The van der Waals surface area contributed by atoms with Crippen LogP contribution in [-0.4, -0.2) is 46.4 Å². The van der Waals surface area contributed by atoms with Crippen molar-refractivity contribution in [1.82, 2.24) is 10.2 Å². The topological polar surface area (TPSA) is 75.7 Å². The molecule has 1 N–H and O–H groups in total. The third kappa shape index (κ3) is 7.26. The van der Waals surface area contributed by atoms with Crippen LogP contribution in [0.25, 0.3) is 0 Å². The normalized spacial score (nSPS) is 31.1. The summed E-state index contributed by atoms with van der Waals surface area (Å²) in [6, 6.07) is 0.132. The number of carbonyl (C=O) groups excluding carboxylic acids is 3. The summed E-state index contributed by atoms with van der Waals surface area (Å²) in [5.41, 5.74) is -0.908. The maximum atomic E-state index is 13.5. The molecule has 6 heteroatoms. The van der Waals surface area contributed by atoms with Crippen molar-refractivity contribution in [3.05, 3.63) is 23.8 Å². The van der Waals surface area contributed by atoms with Crippen molar-refractivity contribution in [2.75, 3.05) is 6.54 Å². The predicted octanol–water partition coefficient (Wildman–Crippen LogP) is 6.74. The fraction of sp³-hybridized carbons (Fsp3) is 0.774. The first-order valence-electron chi connectivity index (χ1n) is 14.3. The summed E-state index contributed by atoms with van der Waals surface area (Å²) in [6.45, 7) is 16.6. The fourth-order valence-electron chi connectivity index (χ4n) is 6.19. The summed E-state index contributed by atoms with van der Waals surface area (Å²) in [4.78, 5) is 41.4. The van der Waals surface area contributed by atoms with Gasteiger partial charge in [-0.2, -0.15) is 0 Å². The molecule has 3 atom stereocenters. The Balaban J connectivity index is 1.71. The van der Waals surface area contributed by atoms with Crippen molar-refractivity contribution >= 4 is 17.8 Å². The van der Waals surface area contributed by atoms with Crippen LogP contribution in [0.3, 0.4) is 0 Å². The summed E-state index contributed by atoms with van der Waals surface area (Å²) in [5.74, 6) is -0.189. The number of amides is 2. The number of allylic oxidation sites excluding steroid dienone is 2. The Kier molecular flexibility index (Phi) is 8.71. The molecule has 0 radical (unpaired) electrons. The molecule has 6 nitrogen and oxygen atoms in total. The maximum Gasteiger partial charge on any atom is 0.410 e. The minimum absolute atomic E-state index is 0.0297. The van der Waals surface area contributed by atoms with E-state index in [-0.39, 0.29) is 35.2 Å². The molecule has 1 saturated heterocycles. The minimum atomic E-state index is -1.19. The highest BCUT2D eigenvalue weighted by atomic mass is 16.6. The molecule has 1 aliphatic heterocycles. The van der Waals surface area contributed by atoms with Gasteiger partial charge in [-0.1, -0.05) is 44.9 Å². The van der Waals surface area contributed by atoms with Crippen molar-refractivity contribution in [3.63, 3.8) is 0 Å².